The molecular formula is C32H51N3O8. The minimum Gasteiger partial charge on any atom is -0.457 e. The number of hydrogen-bond donors (Lipinski definition) is 2. The Morgan fingerprint density at radius 2 is 1.74 bits per heavy atom. The lowest BCUT2D eigenvalue weighted by Crippen LogP contribution is -2.48. The van der Waals surface area contributed by atoms with Gasteiger partial charge in [-0.2, -0.15) is 0 Å². The molecule has 3 rings (SSSR count). The predicted molar refractivity (Wildman–Crippen MR) is 162 cm³/mol. The second-order valence-electron chi connectivity index (χ2n) is 12.4. The molecule has 11 heteroatoms. The lowest BCUT2D eigenvalue weighted by molar-refractivity contribution is -0.151. The van der Waals surface area contributed by atoms with Crippen LogP contribution in [0.25, 0.3) is 0 Å². The van der Waals surface area contributed by atoms with Gasteiger partial charge in [-0.05, 0) is 50.8 Å². The van der Waals surface area contributed by atoms with E-state index in [2.05, 4.69) is 4.90 Å². The van der Waals surface area contributed by atoms with Gasteiger partial charge in [-0.3, -0.25) is 4.79 Å². The number of esters is 1. The molecule has 2 amide bonds. The third-order valence-electron chi connectivity index (χ3n) is 8.40. The van der Waals surface area contributed by atoms with Gasteiger partial charge in [0.15, 0.2) is 0 Å². The molecule has 0 aromatic rings. The van der Waals surface area contributed by atoms with E-state index in [1.54, 1.807) is 4.90 Å². The van der Waals surface area contributed by atoms with Gasteiger partial charge >= 0.3 is 18.2 Å². The number of cyclic esters (lactones) is 1. The summed E-state index contributed by atoms with van der Waals surface area (Å²) in [7, 11) is 2.03. The Kier molecular flexibility index (Phi) is 13.5. The third kappa shape index (κ3) is 11.3. The second kappa shape index (κ2) is 16.8. The maximum Gasteiger partial charge on any atom is 0.410 e. The van der Waals surface area contributed by atoms with E-state index in [1.165, 1.54) is 4.90 Å². The Balaban J connectivity index is 1.66. The molecule has 0 aliphatic carbocycles. The number of hydrogen-bond acceptors (Lipinski definition) is 9. The SMILES string of the molecule is C/C(=C\C=C/[C@@H](C)COC(=O)N1CC[C@@H](O)C1)[C@H]1OC(=O)C[C@H](O)CC[C@H](C)[C@@H](OC(=O)N2CCN(C)CC2)/C=C/[C@@H]1C. The first-order valence-electron chi connectivity index (χ1n) is 15.6. The topological polar surface area (TPSA) is 129 Å². The highest BCUT2D eigenvalue weighted by Crippen LogP contribution is 2.25. The van der Waals surface area contributed by atoms with Gasteiger partial charge in [-0.15, -0.1) is 0 Å². The van der Waals surface area contributed by atoms with Crippen LogP contribution in [-0.2, 0) is 19.0 Å². The van der Waals surface area contributed by atoms with Crippen LogP contribution in [0.1, 0.15) is 53.4 Å². The molecule has 0 saturated carbocycles. The standard InChI is InChI=1S/C32H51N3O8/c1-22(21-41-31(39)35-14-13-27(37)20-35)7-6-8-24(3)30-25(4)10-12-28(23(2)9-11-26(36)19-29(38)43-30)42-32(40)34-17-15-33(5)16-18-34/h6-8,10,12,22-23,25-28,30,36-37H,9,11,13-21H2,1-5H3/b7-6-,12-10+,24-8+/t22-,23+,25+,26-,27-,28+,30-/m1/s1. The molecule has 3 aliphatic heterocycles. The van der Waals surface area contributed by atoms with Gasteiger partial charge < -0.3 is 39.1 Å². The van der Waals surface area contributed by atoms with E-state index in [1.807, 2.05) is 65.1 Å². The van der Waals surface area contributed by atoms with Gasteiger partial charge in [-0.25, -0.2) is 9.59 Å². The number of likely N-dealkylation sites (N-methyl/N-ethyl adjacent to an activating group) is 1. The lowest BCUT2D eigenvalue weighted by Gasteiger charge is -2.33. The Hall–Kier alpha value is -2.89. The first-order valence-corrected chi connectivity index (χ1v) is 15.6. The average molecular weight is 606 g/mol. The third-order valence-corrected chi connectivity index (χ3v) is 8.40. The Labute approximate surface area is 256 Å². The molecule has 0 radical (unpaired) electrons. The number of likely N-dealkylation sites (tertiary alicyclic amines) is 1. The monoisotopic (exact) mass is 605 g/mol. The molecule has 2 N–H and O–H groups in total. The first kappa shape index (κ1) is 34.6. The van der Waals surface area contributed by atoms with Crippen molar-refractivity contribution >= 4 is 18.2 Å². The number of allylic oxidation sites excluding steroid dienone is 2. The Bertz CT molecular complexity index is 1020. The van der Waals surface area contributed by atoms with Crippen molar-refractivity contribution in [3.8, 4) is 0 Å². The van der Waals surface area contributed by atoms with E-state index in [0.29, 0.717) is 45.4 Å². The summed E-state index contributed by atoms with van der Waals surface area (Å²) < 4.78 is 17.2. The molecule has 0 aromatic carbocycles. The van der Waals surface area contributed by atoms with Crippen LogP contribution in [0.5, 0.6) is 0 Å². The molecule has 0 spiro atoms. The van der Waals surface area contributed by atoms with Crippen molar-refractivity contribution in [2.45, 2.75) is 77.8 Å². The summed E-state index contributed by atoms with van der Waals surface area (Å²) in [6.45, 7) is 11.6. The fraction of sp³-hybridized carbons (Fsp3) is 0.719. The fourth-order valence-corrected chi connectivity index (χ4v) is 5.38. The zero-order valence-electron chi connectivity index (χ0n) is 26.4. The smallest absolute Gasteiger partial charge is 0.410 e. The van der Waals surface area contributed by atoms with Crippen LogP contribution in [0.4, 0.5) is 9.59 Å². The van der Waals surface area contributed by atoms with Crippen molar-refractivity contribution in [3.05, 3.63) is 36.0 Å². The van der Waals surface area contributed by atoms with Crippen LogP contribution in [-0.4, -0.2) is 120 Å². The van der Waals surface area contributed by atoms with Crippen LogP contribution in [0.3, 0.4) is 0 Å². The van der Waals surface area contributed by atoms with Gasteiger partial charge in [0, 0.05) is 51.1 Å². The average Bonchev–Trinajstić information content (AvgIpc) is 3.41. The second-order valence-corrected chi connectivity index (χ2v) is 12.4. The Morgan fingerprint density at radius 1 is 1.02 bits per heavy atom. The number of carbonyl (C=O) groups is 3. The summed E-state index contributed by atoms with van der Waals surface area (Å²) in [4.78, 5) is 43.3. The van der Waals surface area contributed by atoms with Crippen LogP contribution < -0.4 is 0 Å². The minimum atomic E-state index is -0.847. The molecule has 0 bridgehead atoms. The van der Waals surface area contributed by atoms with Crippen molar-refractivity contribution < 1.29 is 38.8 Å². The highest BCUT2D eigenvalue weighted by atomic mass is 16.6. The van der Waals surface area contributed by atoms with Crippen LogP contribution in [0, 0.1) is 17.8 Å². The zero-order valence-corrected chi connectivity index (χ0v) is 26.4. The van der Waals surface area contributed by atoms with E-state index in [0.717, 1.165) is 18.7 Å². The number of amides is 2. The number of β-amino-alcohol motifs (C(OH)–C–C–N with tert-alkyl or cyclic N) is 1. The normalized spacial score (nSPS) is 31.6. The lowest BCUT2D eigenvalue weighted by atomic mass is 9.92. The molecular weight excluding hydrogens is 554 g/mol. The highest BCUT2D eigenvalue weighted by molar-refractivity contribution is 5.70. The number of piperazine rings is 1. The molecule has 11 nitrogen and oxygen atoms in total. The highest BCUT2D eigenvalue weighted by Gasteiger charge is 2.29. The zero-order chi connectivity index (χ0) is 31.5. The summed E-state index contributed by atoms with van der Waals surface area (Å²) in [5, 5.41) is 20.1. The van der Waals surface area contributed by atoms with Crippen molar-refractivity contribution in [1.29, 1.82) is 0 Å². The van der Waals surface area contributed by atoms with Gasteiger partial charge in [0.2, 0.25) is 0 Å². The van der Waals surface area contributed by atoms with E-state index in [-0.39, 0.29) is 36.9 Å². The van der Waals surface area contributed by atoms with Crippen LogP contribution in [0.15, 0.2) is 36.0 Å². The number of carbonyl (C=O) groups excluding carboxylic acids is 3. The van der Waals surface area contributed by atoms with Gasteiger partial charge in [0.25, 0.3) is 0 Å². The molecule has 43 heavy (non-hydrogen) atoms. The van der Waals surface area contributed by atoms with Crippen LogP contribution >= 0.6 is 0 Å². The van der Waals surface area contributed by atoms with Gasteiger partial charge in [0.05, 0.1) is 25.2 Å². The summed E-state index contributed by atoms with van der Waals surface area (Å²) in [5.74, 6) is -0.789. The van der Waals surface area contributed by atoms with Crippen molar-refractivity contribution in [2.75, 3.05) is 52.9 Å². The molecule has 0 unspecified atom stereocenters. The van der Waals surface area contributed by atoms with Crippen molar-refractivity contribution in [1.82, 2.24) is 14.7 Å². The number of aliphatic hydroxyl groups excluding tert-OH is 2. The minimum absolute atomic E-state index is 0.0471. The van der Waals surface area contributed by atoms with Crippen molar-refractivity contribution in [2.24, 2.45) is 17.8 Å². The molecule has 3 heterocycles. The quantitative estimate of drug-likeness (QED) is 0.203. The van der Waals surface area contributed by atoms with E-state index in [4.69, 9.17) is 14.2 Å². The number of aliphatic hydroxyl groups is 2. The molecule has 2 saturated heterocycles. The summed E-state index contributed by atoms with van der Waals surface area (Å²) in [6, 6.07) is 0. The molecule has 7 atom stereocenters. The van der Waals surface area contributed by atoms with Crippen molar-refractivity contribution in [3.63, 3.8) is 0 Å². The molecule has 0 aromatic heterocycles. The van der Waals surface area contributed by atoms with Gasteiger partial charge in [-0.1, -0.05) is 45.1 Å². The first-order chi connectivity index (χ1) is 20.4. The summed E-state index contributed by atoms with van der Waals surface area (Å²) in [6.07, 6.45) is 7.74. The maximum atomic E-state index is 13.0. The summed E-state index contributed by atoms with van der Waals surface area (Å²) in [5.41, 5.74) is 0.808. The van der Waals surface area contributed by atoms with Crippen LogP contribution in [0.2, 0.25) is 0 Å². The largest absolute Gasteiger partial charge is 0.457 e. The predicted octanol–water partition coefficient (Wildman–Crippen LogP) is 3.37. The van der Waals surface area contributed by atoms with E-state index >= 15 is 0 Å². The molecule has 3 aliphatic rings. The summed E-state index contributed by atoms with van der Waals surface area (Å²) >= 11 is 0. The number of rotatable bonds is 6. The number of ether oxygens (including phenoxy) is 3. The number of nitrogens with zero attached hydrogens (tertiary/aromatic N) is 3. The fourth-order valence-electron chi connectivity index (χ4n) is 5.38. The molecule has 242 valence electrons. The van der Waals surface area contributed by atoms with Gasteiger partial charge in [0.1, 0.15) is 12.2 Å². The molecule has 2 fully saturated rings. The Morgan fingerprint density at radius 3 is 2.42 bits per heavy atom. The maximum absolute atomic E-state index is 13.0. The van der Waals surface area contributed by atoms with E-state index in [9.17, 15) is 24.6 Å². The van der Waals surface area contributed by atoms with E-state index < -0.39 is 36.5 Å².